The summed E-state index contributed by atoms with van der Waals surface area (Å²) in [5, 5.41) is 8.77. The van der Waals surface area contributed by atoms with Crippen LogP contribution in [-0.2, 0) is 4.79 Å². The molecule has 0 aliphatic rings. The van der Waals surface area contributed by atoms with E-state index in [4.69, 9.17) is 10.8 Å². The van der Waals surface area contributed by atoms with Gasteiger partial charge in [-0.25, -0.2) is 8.78 Å². The highest BCUT2D eigenvalue weighted by atomic mass is 19.3. The van der Waals surface area contributed by atoms with E-state index in [9.17, 15) is 13.6 Å². The van der Waals surface area contributed by atoms with E-state index in [1.54, 1.807) is 0 Å². The summed E-state index contributed by atoms with van der Waals surface area (Å²) in [6.45, 7) is 2.88. The van der Waals surface area contributed by atoms with Crippen molar-refractivity contribution in [3.63, 3.8) is 0 Å². The second-order valence-corrected chi connectivity index (χ2v) is 3.52. The number of carbonyl (C=O) groups is 1. The summed E-state index contributed by atoms with van der Waals surface area (Å²) < 4.78 is 26.2. The minimum atomic E-state index is -3.32. The summed E-state index contributed by atoms with van der Waals surface area (Å²) >= 11 is 0. The van der Waals surface area contributed by atoms with Gasteiger partial charge in [0.1, 0.15) is 5.41 Å². The van der Waals surface area contributed by atoms with Crippen LogP contribution in [0.1, 0.15) is 20.8 Å². The van der Waals surface area contributed by atoms with Gasteiger partial charge in [-0.05, 0) is 5.92 Å². The lowest BCUT2D eigenvalue weighted by Gasteiger charge is -2.36. The van der Waals surface area contributed by atoms with E-state index < -0.39 is 29.8 Å². The fourth-order valence-electron chi connectivity index (χ4n) is 1.44. The van der Waals surface area contributed by atoms with Gasteiger partial charge in [0.25, 0.3) is 5.92 Å². The molecule has 0 radical (unpaired) electrons. The number of carboxylic acids is 1. The van der Waals surface area contributed by atoms with Crippen molar-refractivity contribution in [3.05, 3.63) is 0 Å². The fraction of sp³-hybridized carbons (Fsp3) is 0.875. The molecule has 0 aromatic carbocycles. The van der Waals surface area contributed by atoms with Crippen molar-refractivity contribution in [3.8, 4) is 0 Å². The second-order valence-electron chi connectivity index (χ2n) is 3.52. The van der Waals surface area contributed by atoms with Gasteiger partial charge in [0.15, 0.2) is 0 Å². The zero-order chi connectivity index (χ0) is 10.9. The smallest absolute Gasteiger partial charge is 0.317 e. The van der Waals surface area contributed by atoms with E-state index in [0.29, 0.717) is 6.92 Å². The summed E-state index contributed by atoms with van der Waals surface area (Å²) in [5.41, 5.74) is 2.98. The minimum Gasteiger partial charge on any atom is -0.481 e. The molecule has 5 heteroatoms. The van der Waals surface area contributed by atoms with Crippen LogP contribution >= 0.6 is 0 Å². The quantitative estimate of drug-likeness (QED) is 0.711. The second kappa shape index (κ2) is 3.57. The van der Waals surface area contributed by atoms with Crippen LogP contribution in [0.4, 0.5) is 8.78 Å². The van der Waals surface area contributed by atoms with Crippen molar-refractivity contribution < 1.29 is 18.7 Å². The van der Waals surface area contributed by atoms with E-state index in [-0.39, 0.29) is 0 Å². The number of hydrogen-bond acceptors (Lipinski definition) is 2. The van der Waals surface area contributed by atoms with Crippen LogP contribution in [0, 0.1) is 11.3 Å². The van der Waals surface area contributed by atoms with Gasteiger partial charge in [-0.1, -0.05) is 13.8 Å². The molecule has 0 rings (SSSR count). The summed E-state index contributed by atoms with van der Waals surface area (Å²) in [4.78, 5) is 10.8. The standard InChI is InChI=1S/C8H15F2NO2/c1-5(2)8(4-11,6(12)13)7(3,9)10/h5H,4,11H2,1-3H3,(H,12,13). The SMILES string of the molecule is CC(C)C(CN)(C(=O)O)C(C)(F)F. The van der Waals surface area contributed by atoms with Crippen molar-refractivity contribution in [2.45, 2.75) is 26.7 Å². The zero-order valence-electron chi connectivity index (χ0n) is 7.97. The summed E-state index contributed by atoms with van der Waals surface area (Å²) in [7, 11) is 0. The Kier molecular flexibility index (Phi) is 3.38. The maximum absolute atomic E-state index is 13.1. The highest BCUT2D eigenvalue weighted by Gasteiger charge is 2.57. The van der Waals surface area contributed by atoms with Crippen LogP contribution in [0.3, 0.4) is 0 Å². The van der Waals surface area contributed by atoms with Crippen LogP contribution in [0.15, 0.2) is 0 Å². The predicted octanol–water partition coefficient (Wildman–Crippen LogP) is 1.33. The molecular formula is C8H15F2NO2. The van der Waals surface area contributed by atoms with E-state index in [1.807, 2.05) is 0 Å². The fourth-order valence-corrected chi connectivity index (χ4v) is 1.44. The number of carboxylic acid groups (broad SMARTS) is 1. The maximum Gasteiger partial charge on any atom is 0.317 e. The Bertz CT molecular complexity index is 201. The molecule has 0 spiro atoms. The van der Waals surface area contributed by atoms with Gasteiger partial charge >= 0.3 is 5.97 Å². The van der Waals surface area contributed by atoms with Gasteiger partial charge in [-0.2, -0.15) is 0 Å². The Morgan fingerprint density at radius 3 is 1.92 bits per heavy atom. The van der Waals surface area contributed by atoms with Crippen molar-refractivity contribution >= 4 is 5.97 Å². The number of aliphatic carboxylic acids is 1. The highest BCUT2D eigenvalue weighted by Crippen LogP contribution is 2.42. The topological polar surface area (TPSA) is 63.3 Å². The third-order valence-electron chi connectivity index (χ3n) is 2.47. The molecule has 0 aromatic rings. The number of halogens is 2. The van der Waals surface area contributed by atoms with Crippen LogP contribution in [0.5, 0.6) is 0 Å². The van der Waals surface area contributed by atoms with E-state index in [2.05, 4.69) is 0 Å². The highest BCUT2D eigenvalue weighted by molar-refractivity contribution is 5.76. The van der Waals surface area contributed by atoms with Gasteiger partial charge in [0, 0.05) is 13.5 Å². The van der Waals surface area contributed by atoms with Crippen molar-refractivity contribution in [2.24, 2.45) is 17.1 Å². The Morgan fingerprint density at radius 1 is 1.54 bits per heavy atom. The normalized spacial score (nSPS) is 17.2. The average Bonchev–Trinajstić information content (AvgIpc) is 1.83. The van der Waals surface area contributed by atoms with Crippen molar-refractivity contribution in [2.75, 3.05) is 6.54 Å². The van der Waals surface area contributed by atoms with E-state index in [1.165, 1.54) is 13.8 Å². The molecule has 13 heavy (non-hydrogen) atoms. The monoisotopic (exact) mass is 195 g/mol. The first-order valence-electron chi connectivity index (χ1n) is 4.01. The molecule has 0 aliphatic carbocycles. The Hall–Kier alpha value is -0.710. The molecule has 3 N–H and O–H groups in total. The summed E-state index contributed by atoms with van der Waals surface area (Å²) in [6, 6.07) is 0. The summed E-state index contributed by atoms with van der Waals surface area (Å²) in [6.07, 6.45) is 0. The van der Waals surface area contributed by atoms with Gasteiger partial charge < -0.3 is 10.8 Å². The molecule has 0 fully saturated rings. The lowest BCUT2D eigenvalue weighted by molar-refractivity contribution is -0.182. The molecule has 78 valence electrons. The molecule has 1 atom stereocenters. The first-order chi connectivity index (χ1) is 5.70. The Labute approximate surface area is 75.9 Å². The van der Waals surface area contributed by atoms with Gasteiger partial charge in [-0.3, -0.25) is 4.79 Å². The van der Waals surface area contributed by atoms with Crippen LogP contribution in [-0.4, -0.2) is 23.5 Å². The van der Waals surface area contributed by atoms with E-state index >= 15 is 0 Å². The third-order valence-corrected chi connectivity index (χ3v) is 2.47. The van der Waals surface area contributed by atoms with Crippen LogP contribution < -0.4 is 5.73 Å². The predicted molar refractivity (Wildman–Crippen MR) is 44.6 cm³/mol. The Morgan fingerprint density at radius 2 is 1.92 bits per heavy atom. The van der Waals surface area contributed by atoms with Crippen LogP contribution in [0.2, 0.25) is 0 Å². The zero-order valence-corrected chi connectivity index (χ0v) is 7.97. The minimum absolute atomic E-state index is 0.566. The van der Waals surface area contributed by atoms with Gasteiger partial charge in [0.2, 0.25) is 0 Å². The molecule has 0 heterocycles. The first-order valence-corrected chi connectivity index (χ1v) is 4.01. The molecule has 3 nitrogen and oxygen atoms in total. The van der Waals surface area contributed by atoms with Crippen molar-refractivity contribution in [1.29, 1.82) is 0 Å². The largest absolute Gasteiger partial charge is 0.481 e. The first kappa shape index (κ1) is 12.3. The third kappa shape index (κ3) is 1.80. The number of rotatable bonds is 4. The number of nitrogens with two attached hydrogens (primary N) is 1. The maximum atomic E-state index is 13.1. The Balaban J connectivity index is 5.25. The molecule has 0 amide bonds. The molecule has 0 aromatic heterocycles. The molecule has 0 saturated carbocycles. The van der Waals surface area contributed by atoms with Crippen LogP contribution in [0.25, 0.3) is 0 Å². The van der Waals surface area contributed by atoms with Gasteiger partial charge in [0.05, 0.1) is 0 Å². The lowest BCUT2D eigenvalue weighted by atomic mass is 9.72. The summed E-state index contributed by atoms with van der Waals surface area (Å²) in [5.74, 6) is -5.57. The van der Waals surface area contributed by atoms with Gasteiger partial charge in [-0.15, -0.1) is 0 Å². The molecule has 0 saturated heterocycles. The van der Waals surface area contributed by atoms with Crippen molar-refractivity contribution in [1.82, 2.24) is 0 Å². The molecule has 0 aliphatic heterocycles. The lowest BCUT2D eigenvalue weighted by Crippen LogP contribution is -2.54. The van der Waals surface area contributed by atoms with E-state index in [0.717, 1.165) is 0 Å². The molecule has 1 unspecified atom stereocenters. The number of hydrogen-bond donors (Lipinski definition) is 2. The molecule has 0 bridgehead atoms. The average molecular weight is 195 g/mol. The molecular weight excluding hydrogens is 180 g/mol. The number of alkyl halides is 2.